The topological polar surface area (TPSA) is 57.6 Å². The summed E-state index contributed by atoms with van der Waals surface area (Å²) in [6.07, 6.45) is 0. The molecule has 1 amide bonds. The monoisotopic (exact) mass is 291 g/mol. The highest BCUT2D eigenvalue weighted by atomic mass is 79.9. The molecule has 0 fully saturated rings. The zero-order valence-corrected chi connectivity index (χ0v) is 10.6. The number of halogens is 1. The van der Waals surface area contributed by atoms with Crippen LogP contribution in [0, 0.1) is 0 Å². The second kappa shape index (κ2) is 4.87. The summed E-state index contributed by atoms with van der Waals surface area (Å²) in [5.74, 6) is -0.200. The molecule has 0 aromatic heterocycles. The lowest BCUT2D eigenvalue weighted by Gasteiger charge is -2.11. The van der Waals surface area contributed by atoms with Crippen LogP contribution >= 0.6 is 15.9 Å². The van der Waals surface area contributed by atoms with E-state index in [1.807, 2.05) is 0 Å². The molecule has 6 heteroatoms. The van der Waals surface area contributed by atoms with Crippen LogP contribution in [0.4, 0.5) is 0 Å². The Balaban J connectivity index is 3.19. The molecule has 1 aromatic rings. The van der Waals surface area contributed by atoms with Crippen molar-refractivity contribution in [2.24, 2.45) is 0 Å². The van der Waals surface area contributed by atoms with Crippen molar-refractivity contribution in [2.75, 3.05) is 14.1 Å². The Kier molecular flexibility index (Phi) is 4.01. The Hall–Kier alpha value is -0.720. The van der Waals surface area contributed by atoms with E-state index in [9.17, 15) is 9.00 Å². The van der Waals surface area contributed by atoms with Crippen LogP contribution in [0.5, 0.6) is 0 Å². The van der Waals surface area contributed by atoms with Crippen LogP contribution in [0.2, 0.25) is 0 Å². The first-order valence-corrected chi connectivity index (χ1v) is 5.95. The maximum atomic E-state index is 11.6. The molecule has 0 bridgehead atoms. The summed E-state index contributed by atoms with van der Waals surface area (Å²) >= 11 is 1.04. The van der Waals surface area contributed by atoms with Crippen molar-refractivity contribution in [2.45, 2.75) is 4.90 Å². The number of nitrogens with zero attached hydrogens (tertiary/aromatic N) is 1. The van der Waals surface area contributed by atoms with Gasteiger partial charge >= 0.3 is 0 Å². The summed E-state index contributed by atoms with van der Waals surface area (Å²) in [5.41, 5.74) is 0.389. The van der Waals surface area contributed by atoms with Gasteiger partial charge in [-0.3, -0.25) is 4.79 Å². The molecule has 0 aliphatic rings. The van der Waals surface area contributed by atoms with Gasteiger partial charge in [0, 0.05) is 24.1 Å². The fourth-order valence-electron chi connectivity index (χ4n) is 1.03. The lowest BCUT2D eigenvalue weighted by atomic mass is 10.2. The molecule has 1 atom stereocenters. The van der Waals surface area contributed by atoms with E-state index in [4.69, 9.17) is 4.55 Å². The van der Waals surface area contributed by atoms with E-state index in [2.05, 4.69) is 15.9 Å². The van der Waals surface area contributed by atoms with E-state index in [0.29, 0.717) is 10.0 Å². The molecule has 0 heterocycles. The van der Waals surface area contributed by atoms with Crippen LogP contribution in [-0.2, 0) is 11.1 Å². The Labute approximate surface area is 98.7 Å². The number of hydrogen-bond donors (Lipinski definition) is 1. The molecule has 0 saturated carbocycles. The maximum Gasteiger partial charge on any atom is 0.253 e. The van der Waals surface area contributed by atoms with Crippen molar-refractivity contribution in [1.29, 1.82) is 0 Å². The lowest BCUT2D eigenvalue weighted by molar-refractivity contribution is 0.0827. The largest absolute Gasteiger partial charge is 0.345 e. The summed E-state index contributed by atoms with van der Waals surface area (Å²) in [7, 11) is 3.25. The zero-order chi connectivity index (χ0) is 11.6. The lowest BCUT2D eigenvalue weighted by Crippen LogP contribution is -2.21. The minimum atomic E-state index is -2.10. The third-order valence-corrected chi connectivity index (χ3v) is 3.44. The minimum absolute atomic E-state index is 0.197. The van der Waals surface area contributed by atoms with E-state index >= 15 is 0 Å². The average Bonchev–Trinajstić information content (AvgIpc) is 2.16. The van der Waals surface area contributed by atoms with Crippen molar-refractivity contribution >= 4 is 32.9 Å². The molecule has 15 heavy (non-hydrogen) atoms. The van der Waals surface area contributed by atoms with Gasteiger partial charge in [0.1, 0.15) is 0 Å². The number of amides is 1. The molecule has 0 radical (unpaired) electrons. The van der Waals surface area contributed by atoms with Crippen molar-refractivity contribution in [1.82, 2.24) is 4.90 Å². The van der Waals surface area contributed by atoms with Gasteiger partial charge in [-0.25, -0.2) is 4.21 Å². The third-order valence-electron chi connectivity index (χ3n) is 1.77. The molecule has 4 nitrogen and oxygen atoms in total. The predicted octanol–water partition coefficient (Wildman–Crippen LogP) is 1.73. The Bertz CT molecular complexity index is 420. The van der Waals surface area contributed by atoms with Crippen LogP contribution < -0.4 is 0 Å². The Morgan fingerprint density at radius 3 is 2.53 bits per heavy atom. The van der Waals surface area contributed by atoms with Gasteiger partial charge in [-0.15, -0.1) is 0 Å². The molecule has 0 spiro atoms. The molecule has 0 aliphatic carbocycles. The minimum Gasteiger partial charge on any atom is -0.345 e. The van der Waals surface area contributed by atoms with Crippen molar-refractivity contribution in [3.63, 3.8) is 0 Å². The maximum absolute atomic E-state index is 11.6. The van der Waals surface area contributed by atoms with Gasteiger partial charge in [0.25, 0.3) is 5.91 Å². The van der Waals surface area contributed by atoms with E-state index in [-0.39, 0.29) is 10.8 Å². The van der Waals surface area contributed by atoms with Crippen molar-refractivity contribution < 1.29 is 13.6 Å². The van der Waals surface area contributed by atoms with Gasteiger partial charge in [0.15, 0.2) is 11.1 Å². The number of rotatable bonds is 2. The number of carbonyl (C=O) groups is 1. The molecule has 0 saturated heterocycles. The molecule has 1 aromatic carbocycles. The Morgan fingerprint density at radius 2 is 2.07 bits per heavy atom. The first-order valence-electron chi connectivity index (χ1n) is 4.05. The molecule has 0 aliphatic heterocycles. The molecule has 82 valence electrons. The molecule has 1 unspecified atom stereocenters. The van der Waals surface area contributed by atoms with Crippen molar-refractivity contribution in [3.05, 3.63) is 28.2 Å². The van der Waals surface area contributed by atoms with Gasteiger partial charge in [-0.1, -0.05) is 0 Å². The SMILES string of the molecule is CN(C)C(=O)c1ccc(Br)c(S(=O)O)c1. The van der Waals surface area contributed by atoms with E-state index in [0.717, 1.165) is 0 Å². The first kappa shape index (κ1) is 12.4. The zero-order valence-electron chi connectivity index (χ0n) is 8.23. The quantitative estimate of drug-likeness (QED) is 0.845. The van der Waals surface area contributed by atoms with Crippen LogP contribution in [0.25, 0.3) is 0 Å². The van der Waals surface area contributed by atoms with Gasteiger partial charge in [0.05, 0.1) is 4.90 Å². The highest BCUT2D eigenvalue weighted by Crippen LogP contribution is 2.21. The number of carbonyl (C=O) groups excluding carboxylic acids is 1. The normalized spacial score (nSPS) is 12.3. The van der Waals surface area contributed by atoms with Crippen LogP contribution in [0.1, 0.15) is 10.4 Å². The summed E-state index contributed by atoms with van der Waals surface area (Å²) in [6.45, 7) is 0. The standard InChI is InChI=1S/C9H10BrNO3S/c1-11(2)9(12)6-3-4-7(10)8(5-6)15(13)14/h3-5H,1-2H3,(H,13,14). The smallest absolute Gasteiger partial charge is 0.253 e. The summed E-state index contributed by atoms with van der Waals surface area (Å²) < 4.78 is 20.4. The van der Waals surface area contributed by atoms with Gasteiger partial charge in [-0.05, 0) is 34.1 Å². The molecule has 1 N–H and O–H groups in total. The molecular weight excluding hydrogens is 282 g/mol. The average molecular weight is 292 g/mol. The number of benzene rings is 1. The highest BCUT2D eigenvalue weighted by molar-refractivity contribution is 9.10. The van der Waals surface area contributed by atoms with Crippen molar-refractivity contribution in [3.8, 4) is 0 Å². The summed E-state index contributed by atoms with van der Waals surface area (Å²) in [4.78, 5) is 13.2. The van der Waals surface area contributed by atoms with Gasteiger partial charge in [-0.2, -0.15) is 0 Å². The molecule has 1 rings (SSSR count). The van der Waals surface area contributed by atoms with E-state index < -0.39 is 11.1 Å². The van der Waals surface area contributed by atoms with E-state index in [1.165, 1.54) is 11.0 Å². The van der Waals surface area contributed by atoms with Gasteiger partial charge < -0.3 is 9.45 Å². The van der Waals surface area contributed by atoms with Crippen LogP contribution in [-0.4, -0.2) is 33.7 Å². The van der Waals surface area contributed by atoms with Gasteiger partial charge in [0.2, 0.25) is 0 Å². The second-order valence-corrected chi connectivity index (χ2v) is 4.89. The summed E-state index contributed by atoms with van der Waals surface area (Å²) in [6, 6.07) is 4.59. The molecular formula is C9H10BrNO3S. The first-order chi connectivity index (χ1) is 6.93. The van der Waals surface area contributed by atoms with Crippen LogP contribution in [0.3, 0.4) is 0 Å². The van der Waals surface area contributed by atoms with Crippen LogP contribution in [0.15, 0.2) is 27.6 Å². The van der Waals surface area contributed by atoms with E-state index in [1.54, 1.807) is 26.2 Å². The highest BCUT2D eigenvalue weighted by Gasteiger charge is 2.12. The fraction of sp³-hybridized carbons (Fsp3) is 0.222. The Morgan fingerprint density at radius 1 is 1.47 bits per heavy atom. The second-order valence-electron chi connectivity index (χ2n) is 3.09. The fourth-order valence-corrected chi connectivity index (χ4v) is 2.15. The predicted molar refractivity (Wildman–Crippen MR) is 61.2 cm³/mol. The third kappa shape index (κ3) is 2.87. The summed E-state index contributed by atoms with van der Waals surface area (Å²) in [5, 5.41) is 0. The number of hydrogen-bond acceptors (Lipinski definition) is 2.